The molecule has 0 saturated heterocycles. The van der Waals surface area contributed by atoms with Crippen LogP contribution in [0.1, 0.15) is 36.0 Å². The molecule has 0 atom stereocenters. The Morgan fingerprint density at radius 3 is 2.45 bits per heavy atom. The maximum Gasteiger partial charge on any atom is 0.253 e. The highest BCUT2D eigenvalue weighted by molar-refractivity contribution is 5.94. The van der Waals surface area contributed by atoms with Crippen molar-refractivity contribution in [2.75, 3.05) is 5.32 Å². The van der Waals surface area contributed by atoms with Crippen LogP contribution >= 0.6 is 0 Å². The number of amides is 1. The van der Waals surface area contributed by atoms with Crippen LogP contribution in [0.2, 0.25) is 0 Å². The van der Waals surface area contributed by atoms with Gasteiger partial charge in [-0.05, 0) is 49.2 Å². The predicted molar refractivity (Wildman–Crippen MR) is 83.6 cm³/mol. The van der Waals surface area contributed by atoms with Crippen LogP contribution in [0.15, 0.2) is 42.6 Å². The third kappa shape index (κ3) is 3.61. The molecule has 1 aliphatic rings. The van der Waals surface area contributed by atoms with Crippen LogP contribution in [0.3, 0.4) is 0 Å². The lowest BCUT2D eigenvalue weighted by Gasteiger charge is -2.12. The molecule has 1 amide bonds. The number of nitrogens with one attached hydrogen (secondary N) is 2. The molecule has 5 heteroatoms. The lowest BCUT2D eigenvalue weighted by molar-refractivity contribution is 0.0937. The minimum Gasteiger partial charge on any atom is -0.349 e. The maximum absolute atomic E-state index is 12.8. The largest absolute Gasteiger partial charge is 0.349 e. The van der Waals surface area contributed by atoms with E-state index in [9.17, 15) is 9.18 Å². The molecule has 0 bridgehead atoms. The average Bonchev–Trinajstić information content (AvgIpc) is 3.03. The first kappa shape index (κ1) is 14.5. The highest BCUT2D eigenvalue weighted by Crippen LogP contribution is 2.19. The summed E-state index contributed by atoms with van der Waals surface area (Å²) in [6.07, 6.45) is 6.04. The van der Waals surface area contributed by atoms with Crippen LogP contribution in [-0.4, -0.2) is 16.9 Å². The van der Waals surface area contributed by atoms with Gasteiger partial charge >= 0.3 is 0 Å². The molecule has 114 valence electrons. The summed E-state index contributed by atoms with van der Waals surface area (Å²) in [5, 5.41) is 6.09. The van der Waals surface area contributed by atoms with E-state index in [2.05, 4.69) is 15.6 Å². The molecule has 3 rings (SSSR count). The topological polar surface area (TPSA) is 54.0 Å². The highest BCUT2D eigenvalue weighted by Gasteiger charge is 2.17. The Labute approximate surface area is 128 Å². The monoisotopic (exact) mass is 299 g/mol. The fourth-order valence-electron chi connectivity index (χ4n) is 2.62. The molecule has 0 aliphatic heterocycles. The van der Waals surface area contributed by atoms with Crippen molar-refractivity contribution in [2.45, 2.75) is 31.7 Å². The van der Waals surface area contributed by atoms with Gasteiger partial charge in [0.1, 0.15) is 11.6 Å². The fourth-order valence-corrected chi connectivity index (χ4v) is 2.62. The van der Waals surface area contributed by atoms with Crippen LogP contribution in [0.25, 0.3) is 0 Å². The van der Waals surface area contributed by atoms with E-state index in [-0.39, 0.29) is 11.7 Å². The van der Waals surface area contributed by atoms with Crippen molar-refractivity contribution >= 4 is 17.4 Å². The Morgan fingerprint density at radius 2 is 1.82 bits per heavy atom. The zero-order valence-electron chi connectivity index (χ0n) is 12.2. The molecule has 1 aromatic heterocycles. The summed E-state index contributed by atoms with van der Waals surface area (Å²) in [4.78, 5) is 16.3. The lowest BCUT2D eigenvalue weighted by Crippen LogP contribution is -2.32. The molecule has 2 aromatic rings. The lowest BCUT2D eigenvalue weighted by atomic mass is 10.2. The molecular weight excluding hydrogens is 281 g/mol. The molecule has 1 heterocycles. The van der Waals surface area contributed by atoms with Crippen molar-refractivity contribution < 1.29 is 9.18 Å². The minimum atomic E-state index is -0.280. The predicted octanol–water partition coefficient (Wildman–Crippen LogP) is 3.64. The van der Waals surface area contributed by atoms with E-state index in [0.29, 0.717) is 17.4 Å². The summed E-state index contributed by atoms with van der Waals surface area (Å²) < 4.78 is 12.8. The minimum absolute atomic E-state index is 0.0762. The smallest absolute Gasteiger partial charge is 0.253 e. The summed E-state index contributed by atoms with van der Waals surface area (Å²) in [6.45, 7) is 0. The van der Waals surface area contributed by atoms with Crippen molar-refractivity contribution in [3.05, 3.63) is 54.0 Å². The number of benzene rings is 1. The van der Waals surface area contributed by atoms with Crippen LogP contribution in [0.5, 0.6) is 0 Å². The second-order valence-corrected chi connectivity index (χ2v) is 5.52. The fraction of sp³-hybridized carbons (Fsp3) is 0.294. The first-order valence-electron chi connectivity index (χ1n) is 7.50. The van der Waals surface area contributed by atoms with Crippen molar-refractivity contribution in [1.82, 2.24) is 10.3 Å². The molecule has 2 N–H and O–H groups in total. The maximum atomic E-state index is 12.8. The van der Waals surface area contributed by atoms with Gasteiger partial charge in [0.05, 0.1) is 5.56 Å². The number of pyridine rings is 1. The van der Waals surface area contributed by atoms with Crippen molar-refractivity contribution in [3.8, 4) is 0 Å². The zero-order chi connectivity index (χ0) is 15.4. The van der Waals surface area contributed by atoms with Gasteiger partial charge in [-0.3, -0.25) is 4.79 Å². The number of hydrogen-bond acceptors (Lipinski definition) is 3. The number of hydrogen-bond donors (Lipinski definition) is 2. The van der Waals surface area contributed by atoms with E-state index in [1.165, 1.54) is 25.0 Å². The first-order chi connectivity index (χ1) is 10.7. The summed E-state index contributed by atoms with van der Waals surface area (Å²) in [7, 11) is 0. The third-order valence-corrected chi connectivity index (χ3v) is 3.83. The van der Waals surface area contributed by atoms with Crippen LogP contribution in [0.4, 0.5) is 15.9 Å². The number of nitrogens with zero attached hydrogens (tertiary/aromatic N) is 1. The molecule has 1 saturated carbocycles. The van der Waals surface area contributed by atoms with Crippen LogP contribution < -0.4 is 10.6 Å². The second kappa shape index (κ2) is 6.56. The molecule has 1 aromatic carbocycles. The number of aromatic nitrogens is 1. The Balaban J connectivity index is 1.61. The van der Waals surface area contributed by atoms with Gasteiger partial charge in [-0.15, -0.1) is 0 Å². The number of anilines is 2. The first-order valence-corrected chi connectivity index (χ1v) is 7.50. The summed E-state index contributed by atoms with van der Waals surface area (Å²) >= 11 is 0. The van der Waals surface area contributed by atoms with Gasteiger partial charge in [-0.2, -0.15) is 0 Å². The van der Waals surface area contributed by atoms with E-state index in [1.54, 1.807) is 30.5 Å². The van der Waals surface area contributed by atoms with Gasteiger partial charge in [-0.1, -0.05) is 12.8 Å². The number of carbonyl (C=O) groups excluding carboxylic acids is 1. The summed E-state index contributed by atoms with van der Waals surface area (Å²) in [6, 6.07) is 9.81. The SMILES string of the molecule is O=C(NC1CCCC1)c1ccc(Nc2ccc(F)cc2)nc1. The summed E-state index contributed by atoms with van der Waals surface area (Å²) in [5.74, 6) is 0.259. The molecule has 0 unspecified atom stereocenters. The Morgan fingerprint density at radius 1 is 1.09 bits per heavy atom. The molecular formula is C17H18FN3O. The molecule has 22 heavy (non-hydrogen) atoms. The normalized spacial score (nSPS) is 14.8. The number of rotatable bonds is 4. The Hall–Kier alpha value is -2.43. The van der Waals surface area contributed by atoms with E-state index in [4.69, 9.17) is 0 Å². The standard InChI is InChI=1S/C17H18FN3O/c18-13-6-8-15(9-7-13)20-16-10-5-12(11-19-16)17(22)21-14-3-1-2-4-14/h5-11,14H,1-4H2,(H,19,20)(H,21,22). The Kier molecular flexibility index (Phi) is 4.32. The Bertz CT molecular complexity index is 634. The zero-order valence-corrected chi connectivity index (χ0v) is 12.2. The molecule has 1 aliphatic carbocycles. The third-order valence-electron chi connectivity index (χ3n) is 3.83. The second-order valence-electron chi connectivity index (χ2n) is 5.52. The van der Waals surface area contributed by atoms with Crippen molar-refractivity contribution in [3.63, 3.8) is 0 Å². The molecule has 0 spiro atoms. The van der Waals surface area contributed by atoms with Gasteiger partial charge in [-0.25, -0.2) is 9.37 Å². The molecule has 4 nitrogen and oxygen atoms in total. The van der Waals surface area contributed by atoms with Gasteiger partial charge in [0.2, 0.25) is 0 Å². The van der Waals surface area contributed by atoms with E-state index >= 15 is 0 Å². The summed E-state index contributed by atoms with van der Waals surface area (Å²) in [5.41, 5.74) is 1.30. The highest BCUT2D eigenvalue weighted by atomic mass is 19.1. The van der Waals surface area contributed by atoms with Gasteiger partial charge < -0.3 is 10.6 Å². The molecule has 0 radical (unpaired) electrons. The van der Waals surface area contributed by atoms with Crippen LogP contribution in [-0.2, 0) is 0 Å². The van der Waals surface area contributed by atoms with Crippen molar-refractivity contribution in [2.24, 2.45) is 0 Å². The quantitative estimate of drug-likeness (QED) is 0.906. The number of halogens is 1. The molecule has 1 fully saturated rings. The van der Waals surface area contributed by atoms with Crippen molar-refractivity contribution in [1.29, 1.82) is 0 Å². The van der Waals surface area contributed by atoms with E-state index in [0.717, 1.165) is 18.5 Å². The van der Waals surface area contributed by atoms with Gasteiger partial charge in [0.15, 0.2) is 0 Å². The van der Waals surface area contributed by atoms with E-state index < -0.39 is 0 Å². The van der Waals surface area contributed by atoms with E-state index in [1.807, 2.05) is 0 Å². The average molecular weight is 299 g/mol. The number of carbonyl (C=O) groups is 1. The van der Waals surface area contributed by atoms with Crippen LogP contribution in [0, 0.1) is 5.82 Å². The van der Waals surface area contributed by atoms with Gasteiger partial charge in [0.25, 0.3) is 5.91 Å². The van der Waals surface area contributed by atoms with Gasteiger partial charge in [0, 0.05) is 17.9 Å².